The fraction of sp³-hybridized carbons (Fsp3) is 0.0952. The molecule has 7 heteroatoms. The average Bonchev–Trinajstić information content (AvgIpc) is 2.69. The number of halogens is 1. The topological polar surface area (TPSA) is 67.8 Å². The summed E-state index contributed by atoms with van der Waals surface area (Å²) in [6.45, 7) is 2.52. The molecule has 0 radical (unpaired) electrons. The van der Waals surface area contributed by atoms with Gasteiger partial charge in [-0.3, -0.25) is 0 Å². The molecule has 0 amide bonds. The lowest BCUT2D eigenvalue weighted by molar-refractivity contribution is 0.306. The molecular formula is C21H19ClN2O3S. The lowest BCUT2D eigenvalue weighted by atomic mass is 10.2. The first kappa shape index (κ1) is 19.9. The zero-order chi connectivity index (χ0) is 20.0. The highest BCUT2D eigenvalue weighted by atomic mass is 35.5. The van der Waals surface area contributed by atoms with Crippen LogP contribution in [0, 0.1) is 6.92 Å². The van der Waals surface area contributed by atoms with Crippen LogP contribution in [0.5, 0.6) is 5.75 Å². The van der Waals surface area contributed by atoms with E-state index in [9.17, 15) is 8.42 Å². The number of nitrogens with zero attached hydrogens (tertiary/aromatic N) is 1. The van der Waals surface area contributed by atoms with Crippen molar-refractivity contribution in [3.63, 3.8) is 0 Å². The molecule has 144 valence electrons. The van der Waals surface area contributed by atoms with Gasteiger partial charge >= 0.3 is 0 Å². The average molecular weight is 415 g/mol. The van der Waals surface area contributed by atoms with Crippen LogP contribution in [0.25, 0.3) is 0 Å². The normalized spacial score (nSPS) is 11.5. The van der Waals surface area contributed by atoms with Gasteiger partial charge in [0.1, 0.15) is 12.4 Å². The Morgan fingerprint density at radius 2 is 1.61 bits per heavy atom. The van der Waals surface area contributed by atoms with Crippen molar-refractivity contribution in [2.45, 2.75) is 18.4 Å². The second kappa shape index (κ2) is 8.91. The van der Waals surface area contributed by atoms with Gasteiger partial charge in [0.15, 0.2) is 0 Å². The quantitative estimate of drug-likeness (QED) is 0.456. The predicted molar refractivity (Wildman–Crippen MR) is 111 cm³/mol. The van der Waals surface area contributed by atoms with E-state index in [2.05, 4.69) is 9.93 Å². The standard InChI is InChI=1S/C21H19ClN2O3S/c1-16-2-4-18(5-3-16)15-27-20-10-6-17(7-11-20)14-23-24-28(25,26)21-12-8-19(22)9-13-21/h2-14,24H,15H2,1H3/b23-14-. The first-order valence-corrected chi connectivity index (χ1v) is 10.4. The van der Waals surface area contributed by atoms with Crippen molar-refractivity contribution in [2.24, 2.45) is 5.10 Å². The van der Waals surface area contributed by atoms with Crippen molar-refractivity contribution in [2.75, 3.05) is 0 Å². The van der Waals surface area contributed by atoms with E-state index < -0.39 is 10.0 Å². The van der Waals surface area contributed by atoms with Gasteiger partial charge in [0.2, 0.25) is 0 Å². The lowest BCUT2D eigenvalue weighted by Crippen LogP contribution is -2.18. The molecule has 0 unspecified atom stereocenters. The molecule has 0 aliphatic carbocycles. The lowest BCUT2D eigenvalue weighted by Gasteiger charge is -2.07. The number of benzene rings is 3. The minimum atomic E-state index is -3.73. The fourth-order valence-electron chi connectivity index (χ4n) is 2.34. The SMILES string of the molecule is Cc1ccc(COc2ccc(/C=N\NS(=O)(=O)c3ccc(Cl)cc3)cc2)cc1. The van der Waals surface area contributed by atoms with Crippen molar-refractivity contribution < 1.29 is 13.2 Å². The molecule has 0 spiro atoms. The molecular weight excluding hydrogens is 396 g/mol. The van der Waals surface area contributed by atoms with E-state index >= 15 is 0 Å². The summed E-state index contributed by atoms with van der Waals surface area (Å²) in [5, 5.41) is 4.27. The van der Waals surface area contributed by atoms with E-state index in [1.54, 1.807) is 12.1 Å². The van der Waals surface area contributed by atoms with Gasteiger partial charge in [0.25, 0.3) is 10.0 Å². The summed E-state index contributed by atoms with van der Waals surface area (Å²) < 4.78 is 30.0. The third kappa shape index (κ3) is 5.58. The van der Waals surface area contributed by atoms with Crippen molar-refractivity contribution in [3.05, 3.63) is 94.5 Å². The number of sulfonamides is 1. The zero-order valence-electron chi connectivity index (χ0n) is 15.2. The summed E-state index contributed by atoms with van der Waals surface area (Å²) >= 11 is 5.77. The maximum absolute atomic E-state index is 12.1. The highest BCUT2D eigenvalue weighted by molar-refractivity contribution is 7.89. The summed E-state index contributed by atoms with van der Waals surface area (Å²) in [5.41, 5.74) is 3.04. The number of hydrogen-bond donors (Lipinski definition) is 1. The number of aryl methyl sites for hydroxylation is 1. The second-order valence-electron chi connectivity index (χ2n) is 6.15. The van der Waals surface area contributed by atoms with Gasteiger partial charge in [-0.15, -0.1) is 0 Å². The molecule has 0 saturated carbocycles. The Hall–Kier alpha value is -2.83. The molecule has 0 fully saturated rings. The minimum Gasteiger partial charge on any atom is -0.489 e. The Kier molecular flexibility index (Phi) is 6.34. The molecule has 0 saturated heterocycles. The van der Waals surface area contributed by atoms with Crippen LogP contribution in [-0.2, 0) is 16.6 Å². The van der Waals surface area contributed by atoms with Gasteiger partial charge < -0.3 is 4.74 Å². The monoisotopic (exact) mass is 414 g/mol. The van der Waals surface area contributed by atoms with E-state index in [0.29, 0.717) is 11.6 Å². The molecule has 3 aromatic rings. The van der Waals surface area contributed by atoms with Crippen molar-refractivity contribution >= 4 is 27.8 Å². The molecule has 0 heterocycles. The molecule has 0 atom stereocenters. The largest absolute Gasteiger partial charge is 0.489 e. The van der Waals surface area contributed by atoms with Gasteiger partial charge in [-0.2, -0.15) is 13.5 Å². The minimum absolute atomic E-state index is 0.0916. The zero-order valence-corrected chi connectivity index (χ0v) is 16.7. The number of hydrazone groups is 1. The second-order valence-corrected chi connectivity index (χ2v) is 8.25. The molecule has 0 aliphatic heterocycles. The van der Waals surface area contributed by atoms with E-state index in [1.807, 2.05) is 43.3 Å². The van der Waals surface area contributed by atoms with E-state index in [-0.39, 0.29) is 4.90 Å². The third-order valence-corrected chi connectivity index (χ3v) is 5.41. The van der Waals surface area contributed by atoms with Crippen molar-refractivity contribution in [1.82, 2.24) is 4.83 Å². The molecule has 1 N–H and O–H groups in total. The van der Waals surface area contributed by atoms with E-state index in [1.165, 1.54) is 36.0 Å². The molecule has 3 rings (SSSR count). The van der Waals surface area contributed by atoms with E-state index in [0.717, 1.165) is 16.9 Å². The van der Waals surface area contributed by atoms with Crippen molar-refractivity contribution in [1.29, 1.82) is 0 Å². The molecule has 3 aromatic carbocycles. The Morgan fingerprint density at radius 1 is 0.964 bits per heavy atom. The summed E-state index contributed by atoms with van der Waals surface area (Å²) in [5.74, 6) is 0.722. The maximum Gasteiger partial charge on any atom is 0.276 e. The summed E-state index contributed by atoms with van der Waals surface area (Å²) in [6.07, 6.45) is 1.43. The number of hydrogen-bond acceptors (Lipinski definition) is 4. The van der Waals surface area contributed by atoms with Crippen LogP contribution in [0.1, 0.15) is 16.7 Å². The highest BCUT2D eigenvalue weighted by Gasteiger charge is 2.11. The van der Waals surface area contributed by atoms with Crippen LogP contribution in [0.2, 0.25) is 5.02 Å². The smallest absolute Gasteiger partial charge is 0.276 e. The Balaban J connectivity index is 1.56. The van der Waals surface area contributed by atoms with Gasteiger partial charge in [0.05, 0.1) is 11.1 Å². The van der Waals surface area contributed by atoms with Crippen molar-refractivity contribution in [3.8, 4) is 5.75 Å². The highest BCUT2D eigenvalue weighted by Crippen LogP contribution is 2.15. The van der Waals surface area contributed by atoms with Crippen LogP contribution in [-0.4, -0.2) is 14.6 Å². The van der Waals surface area contributed by atoms with Crippen LogP contribution < -0.4 is 9.57 Å². The van der Waals surface area contributed by atoms with Crippen LogP contribution >= 0.6 is 11.6 Å². The first-order chi connectivity index (χ1) is 13.4. The van der Waals surface area contributed by atoms with Gasteiger partial charge in [-0.1, -0.05) is 41.4 Å². The molecule has 0 aromatic heterocycles. The summed E-state index contributed by atoms with van der Waals surface area (Å²) in [4.78, 5) is 2.27. The van der Waals surface area contributed by atoms with Gasteiger partial charge in [-0.05, 0) is 66.6 Å². The van der Waals surface area contributed by atoms with Crippen LogP contribution in [0.3, 0.4) is 0 Å². The van der Waals surface area contributed by atoms with Crippen LogP contribution in [0.4, 0.5) is 0 Å². The number of rotatable bonds is 7. The maximum atomic E-state index is 12.1. The Morgan fingerprint density at radius 3 is 2.25 bits per heavy atom. The van der Waals surface area contributed by atoms with E-state index in [4.69, 9.17) is 16.3 Å². The molecule has 0 aliphatic rings. The molecule has 28 heavy (non-hydrogen) atoms. The summed E-state index contributed by atoms with van der Waals surface area (Å²) in [6, 6.07) is 21.2. The number of nitrogens with one attached hydrogen (secondary N) is 1. The van der Waals surface area contributed by atoms with Crippen LogP contribution in [0.15, 0.2) is 82.8 Å². The number of ether oxygens (including phenoxy) is 1. The Labute approximate surface area is 169 Å². The first-order valence-electron chi connectivity index (χ1n) is 8.51. The Bertz CT molecular complexity index is 1050. The fourth-order valence-corrected chi connectivity index (χ4v) is 3.26. The molecule has 5 nitrogen and oxygen atoms in total. The van der Waals surface area contributed by atoms with Gasteiger partial charge in [0, 0.05) is 5.02 Å². The summed E-state index contributed by atoms with van der Waals surface area (Å²) in [7, 11) is -3.73. The third-order valence-electron chi connectivity index (χ3n) is 3.92. The van der Waals surface area contributed by atoms with Gasteiger partial charge in [-0.25, -0.2) is 4.83 Å². The molecule has 0 bridgehead atoms. The predicted octanol–water partition coefficient (Wildman–Crippen LogP) is 4.54.